The number of aryl methyl sites for hydroxylation is 1. The average molecular weight is 385 g/mol. The molecule has 0 amide bonds. The number of aromatic amines is 1. The standard InChI is InChI=1S/C23H23N5O/c1-4-8-20-21(22(29)28(26-20)19-9-6-5-7-10-19)23(15-24,16-25)17-11-13-18(14-12-17)27(2)3/h5-7,9-14,26H,4,8H2,1-3H3. The molecule has 1 N–H and O–H groups in total. The van der Waals surface area contributed by atoms with Crippen LogP contribution >= 0.6 is 0 Å². The summed E-state index contributed by atoms with van der Waals surface area (Å²) in [6.45, 7) is 1.99. The molecule has 6 heteroatoms. The second kappa shape index (κ2) is 8.08. The summed E-state index contributed by atoms with van der Waals surface area (Å²) >= 11 is 0. The second-order valence-electron chi connectivity index (χ2n) is 7.11. The zero-order valence-electron chi connectivity index (χ0n) is 16.8. The van der Waals surface area contributed by atoms with Gasteiger partial charge in [-0.3, -0.25) is 9.89 Å². The summed E-state index contributed by atoms with van der Waals surface area (Å²) in [5.41, 5.74) is 0.841. The lowest BCUT2D eigenvalue weighted by Crippen LogP contribution is -2.32. The zero-order chi connectivity index (χ0) is 21.0. The van der Waals surface area contributed by atoms with Crippen molar-refractivity contribution in [3.8, 4) is 17.8 Å². The topological polar surface area (TPSA) is 88.6 Å². The number of nitrogens with one attached hydrogen (secondary N) is 1. The Bertz CT molecular complexity index is 1110. The van der Waals surface area contributed by atoms with Crippen molar-refractivity contribution >= 4 is 5.69 Å². The van der Waals surface area contributed by atoms with Crippen molar-refractivity contribution in [1.82, 2.24) is 9.78 Å². The monoisotopic (exact) mass is 385 g/mol. The van der Waals surface area contributed by atoms with Gasteiger partial charge in [0.2, 0.25) is 5.41 Å². The van der Waals surface area contributed by atoms with Crippen LogP contribution in [0, 0.1) is 22.7 Å². The lowest BCUT2D eigenvalue weighted by molar-refractivity contribution is 0.784. The van der Waals surface area contributed by atoms with Gasteiger partial charge in [0.15, 0.2) is 0 Å². The average Bonchev–Trinajstić information content (AvgIpc) is 3.07. The van der Waals surface area contributed by atoms with Gasteiger partial charge in [-0.05, 0) is 36.2 Å². The Morgan fingerprint density at radius 3 is 2.17 bits per heavy atom. The van der Waals surface area contributed by atoms with Crippen molar-refractivity contribution in [2.75, 3.05) is 19.0 Å². The lowest BCUT2D eigenvalue weighted by atomic mass is 9.76. The van der Waals surface area contributed by atoms with Gasteiger partial charge in [0.25, 0.3) is 5.56 Å². The summed E-state index contributed by atoms with van der Waals surface area (Å²) in [5.74, 6) is 0. The predicted molar refractivity (Wildman–Crippen MR) is 113 cm³/mol. The third kappa shape index (κ3) is 3.41. The van der Waals surface area contributed by atoms with E-state index in [4.69, 9.17) is 0 Å². The summed E-state index contributed by atoms with van der Waals surface area (Å²) < 4.78 is 1.41. The molecule has 0 aliphatic rings. The van der Waals surface area contributed by atoms with Crippen molar-refractivity contribution in [2.45, 2.75) is 25.2 Å². The third-order valence-electron chi connectivity index (χ3n) is 5.01. The molecule has 0 aliphatic heterocycles. The molecule has 0 atom stereocenters. The highest BCUT2D eigenvalue weighted by molar-refractivity contribution is 5.57. The highest BCUT2D eigenvalue weighted by atomic mass is 16.1. The molecular weight excluding hydrogens is 362 g/mol. The molecule has 29 heavy (non-hydrogen) atoms. The van der Waals surface area contributed by atoms with Crippen LogP contribution in [0.5, 0.6) is 0 Å². The van der Waals surface area contributed by atoms with Gasteiger partial charge in [-0.25, -0.2) is 4.68 Å². The molecule has 0 spiro atoms. The van der Waals surface area contributed by atoms with Crippen molar-refractivity contribution in [3.63, 3.8) is 0 Å². The number of H-pyrrole nitrogens is 1. The van der Waals surface area contributed by atoms with Gasteiger partial charge in [0.05, 0.1) is 23.4 Å². The van der Waals surface area contributed by atoms with Gasteiger partial charge in [0, 0.05) is 25.5 Å². The molecule has 0 aliphatic carbocycles. The number of nitriles is 2. The highest BCUT2D eigenvalue weighted by Gasteiger charge is 2.41. The van der Waals surface area contributed by atoms with Crippen LogP contribution in [0.1, 0.15) is 30.2 Å². The van der Waals surface area contributed by atoms with Gasteiger partial charge in [-0.2, -0.15) is 10.5 Å². The Morgan fingerprint density at radius 2 is 1.66 bits per heavy atom. The van der Waals surface area contributed by atoms with Crippen LogP contribution in [-0.4, -0.2) is 23.9 Å². The number of anilines is 1. The summed E-state index contributed by atoms with van der Waals surface area (Å²) in [5, 5.41) is 23.4. The van der Waals surface area contributed by atoms with E-state index in [1.165, 1.54) is 4.68 Å². The van der Waals surface area contributed by atoms with Crippen LogP contribution < -0.4 is 10.5 Å². The summed E-state index contributed by atoms with van der Waals surface area (Å²) in [7, 11) is 3.84. The van der Waals surface area contributed by atoms with Crippen LogP contribution in [0.4, 0.5) is 5.69 Å². The van der Waals surface area contributed by atoms with Crippen LogP contribution in [0.25, 0.3) is 5.69 Å². The largest absolute Gasteiger partial charge is 0.378 e. The van der Waals surface area contributed by atoms with Crippen LogP contribution in [-0.2, 0) is 11.8 Å². The van der Waals surface area contributed by atoms with E-state index in [1.54, 1.807) is 12.1 Å². The van der Waals surface area contributed by atoms with Crippen LogP contribution in [0.2, 0.25) is 0 Å². The van der Waals surface area contributed by atoms with Crippen molar-refractivity contribution < 1.29 is 0 Å². The molecule has 6 nitrogen and oxygen atoms in total. The Morgan fingerprint density at radius 1 is 1.03 bits per heavy atom. The SMILES string of the molecule is CCCc1[nH]n(-c2ccccc2)c(=O)c1C(C#N)(C#N)c1ccc(N(C)C)cc1. The van der Waals surface area contributed by atoms with Crippen LogP contribution in [0.15, 0.2) is 59.4 Å². The van der Waals surface area contributed by atoms with E-state index < -0.39 is 5.41 Å². The molecule has 0 saturated heterocycles. The van der Waals surface area contributed by atoms with Gasteiger partial charge in [-0.1, -0.05) is 43.7 Å². The minimum Gasteiger partial charge on any atom is -0.378 e. The maximum Gasteiger partial charge on any atom is 0.277 e. The fourth-order valence-electron chi connectivity index (χ4n) is 3.48. The smallest absolute Gasteiger partial charge is 0.277 e. The zero-order valence-corrected chi connectivity index (χ0v) is 16.8. The Labute approximate surface area is 170 Å². The number of hydrogen-bond acceptors (Lipinski definition) is 4. The molecule has 0 bridgehead atoms. The molecule has 2 aromatic carbocycles. The van der Waals surface area contributed by atoms with E-state index in [1.807, 2.05) is 68.4 Å². The maximum atomic E-state index is 13.4. The number of hydrogen-bond donors (Lipinski definition) is 1. The predicted octanol–water partition coefficient (Wildman–Crippen LogP) is 3.52. The molecule has 0 radical (unpaired) electrons. The van der Waals surface area contributed by atoms with Gasteiger partial charge in [0.1, 0.15) is 0 Å². The molecular formula is C23H23N5O. The summed E-state index contributed by atoms with van der Waals surface area (Å²) in [4.78, 5) is 15.3. The lowest BCUT2D eigenvalue weighted by Gasteiger charge is -2.20. The van der Waals surface area contributed by atoms with E-state index in [9.17, 15) is 15.3 Å². The molecule has 146 valence electrons. The van der Waals surface area contributed by atoms with Gasteiger partial charge >= 0.3 is 0 Å². The van der Waals surface area contributed by atoms with E-state index in [0.29, 0.717) is 23.4 Å². The maximum absolute atomic E-state index is 13.4. The third-order valence-corrected chi connectivity index (χ3v) is 5.01. The van der Waals surface area contributed by atoms with Crippen molar-refractivity contribution in [3.05, 3.63) is 81.8 Å². The molecule has 1 aromatic heterocycles. The van der Waals surface area contributed by atoms with Crippen molar-refractivity contribution in [1.29, 1.82) is 10.5 Å². The van der Waals surface area contributed by atoms with E-state index >= 15 is 0 Å². The fourth-order valence-corrected chi connectivity index (χ4v) is 3.48. The molecule has 3 aromatic rings. The van der Waals surface area contributed by atoms with E-state index in [2.05, 4.69) is 17.2 Å². The highest BCUT2D eigenvalue weighted by Crippen LogP contribution is 2.33. The number of rotatable bonds is 6. The fraction of sp³-hybridized carbons (Fsp3) is 0.261. The first-order valence-electron chi connectivity index (χ1n) is 9.48. The first kappa shape index (κ1) is 20.0. The molecule has 0 unspecified atom stereocenters. The molecule has 0 saturated carbocycles. The Kier molecular flexibility index (Phi) is 5.57. The van der Waals surface area contributed by atoms with E-state index in [-0.39, 0.29) is 11.1 Å². The summed E-state index contributed by atoms with van der Waals surface area (Å²) in [6.07, 6.45) is 1.33. The first-order valence-corrected chi connectivity index (χ1v) is 9.48. The molecule has 1 heterocycles. The molecule has 3 rings (SSSR count). The minimum absolute atomic E-state index is 0.200. The number of para-hydroxylation sites is 1. The number of nitrogens with zero attached hydrogens (tertiary/aromatic N) is 4. The van der Waals surface area contributed by atoms with Gasteiger partial charge in [-0.15, -0.1) is 0 Å². The number of aromatic nitrogens is 2. The first-order chi connectivity index (χ1) is 14.0. The van der Waals surface area contributed by atoms with E-state index in [0.717, 1.165) is 12.1 Å². The quantitative estimate of drug-likeness (QED) is 0.703. The number of benzene rings is 2. The second-order valence-corrected chi connectivity index (χ2v) is 7.11. The van der Waals surface area contributed by atoms with Crippen LogP contribution in [0.3, 0.4) is 0 Å². The van der Waals surface area contributed by atoms with Crippen molar-refractivity contribution in [2.24, 2.45) is 0 Å². The Hall–Kier alpha value is -3.77. The van der Waals surface area contributed by atoms with Gasteiger partial charge < -0.3 is 4.90 Å². The Balaban J connectivity index is 2.27. The summed E-state index contributed by atoms with van der Waals surface area (Å²) in [6, 6.07) is 20.6. The normalized spacial score (nSPS) is 10.9. The minimum atomic E-state index is -1.69. The molecule has 0 fully saturated rings.